The smallest absolute Gasteiger partial charge is 0.224 e. The summed E-state index contributed by atoms with van der Waals surface area (Å²) in [4.78, 5) is 17.3. The van der Waals surface area contributed by atoms with E-state index < -0.39 is 0 Å². The Kier molecular flexibility index (Phi) is 10.0. The molecule has 0 aliphatic rings. The zero-order valence-corrected chi connectivity index (χ0v) is 23.0. The zero-order valence-electron chi connectivity index (χ0n) is 23.0. The van der Waals surface area contributed by atoms with Gasteiger partial charge in [-0.1, -0.05) is 42.5 Å². The highest BCUT2D eigenvalue weighted by molar-refractivity contribution is 5.78. The Morgan fingerprint density at radius 2 is 1.79 bits per heavy atom. The van der Waals surface area contributed by atoms with Gasteiger partial charge in [-0.2, -0.15) is 0 Å². The van der Waals surface area contributed by atoms with Gasteiger partial charge in [-0.25, -0.2) is 4.98 Å². The summed E-state index contributed by atoms with van der Waals surface area (Å²) in [7, 11) is 3.29. The van der Waals surface area contributed by atoms with Crippen molar-refractivity contribution in [2.45, 2.75) is 39.2 Å². The first-order valence-corrected chi connectivity index (χ1v) is 13.4. The number of nitrogens with one attached hydrogen (secondary N) is 1. The van der Waals surface area contributed by atoms with Gasteiger partial charge in [0.1, 0.15) is 11.6 Å². The number of ether oxygens (including phenoxy) is 3. The van der Waals surface area contributed by atoms with Crippen molar-refractivity contribution in [2.75, 3.05) is 27.4 Å². The molecule has 204 valence electrons. The van der Waals surface area contributed by atoms with E-state index in [-0.39, 0.29) is 5.91 Å². The lowest BCUT2D eigenvalue weighted by atomic mass is 10.1. The van der Waals surface area contributed by atoms with Gasteiger partial charge in [0, 0.05) is 19.5 Å². The van der Waals surface area contributed by atoms with Crippen LogP contribution in [0.25, 0.3) is 17.1 Å². The number of carbonyl (C=O) groups excluding carboxylic acids is 1. The summed E-state index contributed by atoms with van der Waals surface area (Å²) in [5, 5.41) is 3.04. The molecule has 0 atom stereocenters. The van der Waals surface area contributed by atoms with E-state index in [1.165, 1.54) is 0 Å². The van der Waals surface area contributed by atoms with Crippen LogP contribution in [0.5, 0.6) is 17.2 Å². The number of aromatic nitrogens is 2. The predicted molar refractivity (Wildman–Crippen MR) is 156 cm³/mol. The summed E-state index contributed by atoms with van der Waals surface area (Å²) in [5.41, 5.74) is 4.12. The Morgan fingerprint density at radius 1 is 0.974 bits per heavy atom. The molecule has 39 heavy (non-hydrogen) atoms. The largest absolute Gasteiger partial charge is 0.497 e. The maximum absolute atomic E-state index is 12.5. The quantitative estimate of drug-likeness (QED) is 0.208. The Balaban J connectivity index is 1.29. The maximum Gasteiger partial charge on any atom is 0.224 e. The number of allylic oxidation sites excluding steroid dienone is 1. The summed E-state index contributed by atoms with van der Waals surface area (Å²) < 4.78 is 19.0. The van der Waals surface area contributed by atoms with Crippen molar-refractivity contribution in [3.63, 3.8) is 0 Å². The molecule has 0 saturated heterocycles. The Bertz CT molecular complexity index is 1390. The highest BCUT2D eigenvalue weighted by Gasteiger charge is 2.12. The van der Waals surface area contributed by atoms with E-state index in [9.17, 15) is 4.79 Å². The third kappa shape index (κ3) is 7.63. The number of imidazole rings is 1. The van der Waals surface area contributed by atoms with E-state index in [0.717, 1.165) is 64.6 Å². The summed E-state index contributed by atoms with van der Waals surface area (Å²) in [6, 6.07) is 21.7. The third-order valence-electron chi connectivity index (χ3n) is 6.51. The van der Waals surface area contributed by atoms with Gasteiger partial charge in [0.15, 0.2) is 11.5 Å². The number of aryl methyl sites for hydroxylation is 1. The van der Waals surface area contributed by atoms with E-state index in [1.54, 1.807) is 14.2 Å². The molecule has 0 radical (unpaired) electrons. The van der Waals surface area contributed by atoms with Crippen LogP contribution in [0.3, 0.4) is 0 Å². The van der Waals surface area contributed by atoms with Gasteiger partial charge in [-0.3, -0.25) is 4.79 Å². The van der Waals surface area contributed by atoms with Crippen LogP contribution < -0.4 is 19.5 Å². The van der Waals surface area contributed by atoms with Crippen LogP contribution in [0.1, 0.15) is 36.7 Å². The molecule has 1 heterocycles. The molecule has 0 fully saturated rings. The number of nitrogens with zero attached hydrogens (tertiary/aromatic N) is 2. The zero-order chi connectivity index (χ0) is 27.5. The number of hydrogen-bond donors (Lipinski definition) is 1. The van der Waals surface area contributed by atoms with Crippen molar-refractivity contribution in [1.29, 1.82) is 0 Å². The Hall–Kier alpha value is -4.26. The lowest BCUT2D eigenvalue weighted by Crippen LogP contribution is -2.28. The first kappa shape index (κ1) is 27.8. The van der Waals surface area contributed by atoms with Gasteiger partial charge in [0.2, 0.25) is 5.91 Å². The molecule has 1 N–H and O–H groups in total. The number of amides is 1. The van der Waals surface area contributed by atoms with Crippen LogP contribution in [-0.2, 0) is 24.2 Å². The molecule has 1 aromatic heterocycles. The number of para-hydroxylation sites is 2. The van der Waals surface area contributed by atoms with Crippen LogP contribution in [0.2, 0.25) is 0 Å². The number of fused-ring (bicyclic) bond motifs is 1. The third-order valence-corrected chi connectivity index (χ3v) is 6.51. The van der Waals surface area contributed by atoms with Crippen LogP contribution in [0.4, 0.5) is 0 Å². The molecule has 1 amide bonds. The number of methoxy groups -OCH3 is 2. The topological polar surface area (TPSA) is 74.6 Å². The highest BCUT2D eigenvalue weighted by atomic mass is 16.5. The van der Waals surface area contributed by atoms with Crippen molar-refractivity contribution in [3.8, 4) is 17.2 Å². The van der Waals surface area contributed by atoms with Crippen LogP contribution >= 0.6 is 0 Å². The van der Waals surface area contributed by atoms with Crippen LogP contribution in [-0.4, -0.2) is 42.8 Å². The fourth-order valence-electron chi connectivity index (χ4n) is 4.52. The standard InChI is InChI=1S/C32H37N3O4/c1-4-9-24-14-17-29(30(22-24)38-3)39-21-8-7-20-35-28-11-6-5-10-27(28)34-31(35)18-19-33-32(36)23-25-12-15-26(37-2)16-13-25/h4-6,9-17,22H,7-8,18-21,23H2,1-3H3,(H,33,36)/b9-4+. The van der Waals surface area contributed by atoms with Crippen molar-refractivity contribution in [2.24, 2.45) is 0 Å². The lowest BCUT2D eigenvalue weighted by molar-refractivity contribution is -0.120. The van der Waals surface area contributed by atoms with Crippen LogP contribution in [0, 0.1) is 0 Å². The minimum atomic E-state index is -0.00541. The van der Waals surface area contributed by atoms with Crippen molar-refractivity contribution >= 4 is 23.0 Å². The van der Waals surface area contributed by atoms with Gasteiger partial charge in [-0.05, 0) is 67.3 Å². The van der Waals surface area contributed by atoms with E-state index in [4.69, 9.17) is 19.2 Å². The number of benzene rings is 3. The first-order chi connectivity index (χ1) is 19.1. The molecule has 0 aliphatic carbocycles. The van der Waals surface area contributed by atoms with Crippen LogP contribution in [0.15, 0.2) is 72.8 Å². The number of unbranched alkanes of at least 4 members (excludes halogenated alkanes) is 1. The second-order valence-electron chi connectivity index (χ2n) is 9.26. The van der Waals surface area contributed by atoms with E-state index in [0.29, 0.717) is 26.0 Å². The molecule has 4 aromatic rings. The minimum Gasteiger partial charge on any atom is -0.497 e. The van der Waals surface area contributed by atoms with Gasteiger partial charge in [-0.15, -0.1) is 0 Å². The highest BCUT2D eigenvalue weighted by Crippen LogP contribution is 2.29. The molecular weight excluding hydrogens is 490 g/mol. The predicted octanol–water partition coefficient (Wildman–Crippen LogP) is 5.85. The first-order valence-electron chi connectivity index (χ1n) is 13.4. The molecular formula is C32H37N3O4. The minimum absolute atomic E-state index is 0.00541. The second kappa shape index (κ2) is 14.0. The van der Waals surface area contributed by atoms with Gasteiger partial charge in [0.05, 0.1) is 38.3 Å². The fraction of sp³-hybridized carbons (Fsp3) is 0.312. The average molecular weight is 528 g/mol. The molecule has 0 unspecified atom stereocenters. The normalized spacial score (nSPS) is 11.2. The molecule has 0 saturated carbocycles. The molecule has 3 aromatic carbocycles. The number of hydrogen-bond acceptors (Lipinski definition) is 5. The van der Waals surface area contributed by atoms with Crippen molar-refractivity contribution in [1.82, 2.24) is 14.9 Å². The summed E-state index contributed by atoms with van der Waals surface area (Å²) in [6.45, 7) is 3.95. The maximum atomic E-state index is 12.5. The molecule has 7 nitrogen and oxygen atoms in total. The van der Waals surface area contributed by atoms with E-state index in [2.05, 4.69) is 16.0 Å². The number of carbonyl (C=O) groups is 1. The molecule has 0 aliphatic heterocycles. The Labute approximate surface area is 230 Å². The summed E-state index contributed by atoms with van der Waals surface area (Å²) >= 11 is 0. The van der Waals surface area contributed by atoms with Gasteiger partial charge >= 0.3 is 0 Å². The molecule has 0 bridgehead atoms. The molecule has 7 heteroatoms. The molecule has 4 rings (SSSR count). The van der Waals surface area contributed by atoms with E-state index >= 15 is 0 Å². The number of rotatable bonds is 14. The SMILES string of the molecule is C/C=C/c1ccc(OCCCCn2c(CCNC(=O)Cc3ccc(OC)cc3)nc3ccccc32)c(OC)c1. The Morgan fingerprint density at radius 3 is 2.56 bits per heavy atom. The van der Waals surface area contributed by atoms with Crippen molar-refractivity contribution in [3.05, 3.63) is 89.8 Å². The fourth-order valence-corrected chi connectivity index (χ4v) is 4.52. The molecule has 0 spiro atoms. The lowest BCUT2D eigenvalue weighted by Gasteiger charge is -2.13. The van der Waals surface area contributed by atoms with E-state index in [1.807, 2.05) is 79.7 Å². The van der Waals surface area contributed by atoms with Crippen molar-refractivity contribution < 1.29 is 19.0 Å². The monoisotopic (exact) mass is 527 g/mol. The second-order valence-corrected chi connectivity index (χ2v) is 9.26. The summed E-state index contributed by atoms with van der Waals surface area (Å²) in [6.07, 6.45) is 6.87. The van der Waals surface area contributed by atoms with Gasteiger partial charge < -0.3 is 24.1 Å². The summed E-state index contributed by atoms with van der Waals surface area (Å²) in [5.74, 6) is 3.24. The van der Waals surface area contributed by atoms with Gasteiger partial charge in [0.25, 0.3) is 0 Å². The average Bonchev–Trinajstić information content (AvgIpc) is 3.31.